The van der Waals surface area contributed by atoms with Crippen LogP contribution in [0.2, 0.25) is 0 Å². The van der Waals surface area contributed by atoms with E-state index in [9.17, 15) is 14.0 Å². The number of Topliss-reactive ketones (excluding diaryl/α,β-unsaturated/α-hetero) is 1. The lowest BCUT2D eigenvalue weighted by atomic mass is 10.2. The number of carbonyl (C=O) groups is 2. The zero-order chi connectivity index (χ0) is 13.8. The van der Waals surface area contributed by atoms with Gasteiger partial charge in [-0.3, -0.25) is 9.59 Å². The summed E-state index contributed by atoms with van der Waals surface area (Å²) in [6, 6.07) is 7.60. The van der Waals surface area contributed by atoms with Gasteiger partial charge in [-0.2, -0.15) is 0 Å². The second-order valence-electron chi connectivity index (χ2n) is 4.16. The highest BCUT2D eigenvalue weighted by molar-refractivity contribution is 5.94. The molecule has 0 bridgehead atoms. The number of halogens is 1. The van der Waals surface area contributed by atoms with Crippen LogP contribution in [-0.4, -0.2) is 16.3 Å². The van der Waals surface area contributed by atoms with E-state index in [1.54, 1.807) is 35.2 Å². The Morgan fingerprint density at radius 3 is 2.63 bits per heavy atom. The van der Waals surface area contributed by atoms with E-state index in [-0.39, 0.29) is 23.9 Å². The molecule has 0 aliphatic heterocycles. The third-order valence-corrected chi connectivity index (χ3v) is 2.63. The molecular weight excluding hydrogens is 247 g/mol. The van der Waals surface area contributed by atoms with Gasteiger partial charge in [0.2, 0.25) is 5.91 Å². The fraction of sp³-hybridized carbons (Fsp3) is 0.143. The summed E-state index contributed by atoms with van der Waals surface area (Å²) in [6.07, 6.45) is 3.22. The van der Waals surface area contributed by atoms with Crippen LogP contribution >= 0.6 is 0 Å². The summed E-state index contributed by atoms with van der Waals surface area (Å²) in [6.45, 7) is 1.49. The van der Waals surface area contributed by atoms with E-state index in [2.05, 4.69) is 5.32 Å². The maximum atomic E-state index is 13.3. The number of carbonyl (C=O) groups excluding carboxylic acids is 2. The first-order chi connectivity index (χ1) is 9.06. The van der Waals surface area contributed by atoms with Crippen molar-refractivity contribution in [3.05, 3.63) is 54.1 Å². The van der Waals surface area contributed by atoms with Crippen molar-refractivity contribution in [1.29, 1.82) is 0 Å². The average Bonchev–Trinajstić information content (AvgIpc) is 2.80. The van der Waals surface area contributed by atoms with Gasteiger partial charge in [-0.05, 0) is 25.1 Å². The van der Waals surface area contributed by atoms with Gasteiger partial charge in [0.25, 0.3) is 0 Å². The summed E-state index contributed by atoms with van der Waals surface area (Å²) in [5, 5.41) is 2.48. The van der Waals surface area contributed by atoms with Gasteiger partial charge in [0, 0.05) is 18.0 Å². The van der Waals surface area contributed by atoms with Crippen molar-refractivity contribution >= 4 is 17.4 Å². The molecule has 0 radical (unpaired) electrons. The number of nitrogens with zero attached hydrogens (tertiary/aromatic N) is 1. The molecule has 1 N–H and O–H groups in total. The molecule has 0 atom stereocenters. The second kappa shape index (κ2) is 5.48. The molecular formula is C14H13FN2O2. The van der Waals surface area contributed by atoms with Crippen molar-refractivity contribution in [3.63, 3.8) is 0 Å². The molecule has 0 saturated heterocycles. The fourth-order valence-electron chi connectivity index (χ4n) is 1.67. The second-order valence-corrected chi connectivity index (χ2v) is 4.16. The van der Waals surface area contributed by atoms with Gasteiger partial charge < -0.3 is 9.88 Å². The van der Waals surface area contributed by atoms with E-state index >= 15 is 0 Å². The van der Waals surface area contributed by atoms with Gasteiger partial charge in [-0.1, -0.05) is 12.1 Å². The fourth-order valence-corrected chi connectivity index (χ4v) is 1.67. The van der Waals surface area contributed by atoms with Gasteiger partial charge in [0.15, 0.2) is 5.78 Å². The van der Waals surface area contributed by atoms with Crippen LogP contribution in [0.5, 0.6) is 0 Å². The van der Waals surface area contributed by atoms with Gasteiger partial charge in [-0.25, -0.2) is 4.39 Å². The molecule has 0 saturated carbocycles. The number of hydrogen-bond acceptors (Lipinski definition) is 2. The highest BCUT2D eigenvalue weighted by Crippen LogP contribution is 2.12. The van der Waals surface area contributed by atoms with Gasteiger partial charge in [0.05, 0.1) is 5.69 Å². The van der Waals surface area contributed by atoms with Crippen molar-refractivity contribution in [2.24, 2.45) is 0 Å². The summed E-state index contributed by atoms with van der Waals surface area (Å²) in [7, 11) is 0. The molecule has 1 heterocycles. The standard InChI is InChI=1S/C14H13FN2O2/c1-10(18)11-6-7-17(8-11)9-14(19)16-13-5-3-2-4-12(13)15/h2-8H,9H2,1H3,(H,16,19). The SMILES string of the molecule is CC(=O)c1ccn(CC(=O)Nc2ccccc2F)c1. The number of para-hydroxylation sites is 1. The summed E-state index contributed by atoms with van der Waals surface area (Å²) in [5.41, 5.74) is 0.685. The Morgan fingerprint density at radius 1 is 1.26 bits per heavy atom. The Kier molecular flexibility index (Phi) is 3.75. The van der Waals surface area contributed by atoms with Crippen LogP contribution in [0.15, 0.2) is 42.7 Å². The largest absolute Gasteiger partial charge is 0.344 e. The molecule has 0 aliphatic carbocycles. The zero-order valence-corrected chi connectivity index (χ0v) is 10.4. The van der Waals surface area contributed by atoms with Crippen molar-refractivity contribution in [1.82, 2.24) is 4.57 Å². The molecule has 0 aliphatic rings. The number of nitrogens with one attached hydrogen (secondary N) is 1. The van der Waals surface area contributed by atoms with Crippen LogP contribution in [-0.2, 0) is 11.3 Å². The predicted molar refractivity (Wildman–Crippen MR) is 69.5 cm³/mol. The van der Waals surface area contributed by atoms with E-state index < -0.39 is 5.82 Å². The minimum absolute atomic E-state index is 0.0294. The van der Waals surface area contributed by atoms with E-state index in [1.807, 2.05) is 0 Å². The lowest BCUT2D eigenvalue weighted by Crippen LogP contribution is -2.18. The van der Waals surface area contributed by atoms with Crippen LogP contribution in [0, 0.1) is 5.82 Å². The van der Waals surface area contributed by atoms with Crippen molar-refractivity contribution in [2.75, 3.05) is 5.32 Å². The highest BCUT2D eigenvalue weighted by atomic mass is 19.1. The molecule has 19 heavy (non-hydrogen) atoms. The van der Waals surface area contributed by atoms with Crippen LogP contribution in [0.25, 0.3) is 0 Å². The lowest BCUT2D eigenvalue weighted by Gasteiger charge is -2.06. The Labute approximate surface area is 109 Å². The first-order valence-corrected chi connectivity index (χ1v) is 5.77. The van der Waals surface area contributed by atoms with E-state index in [4.69, 9.17) is 0 Å². The minimum Gasteiger partial charge on any atom is -0.344 e. The zero-order valence-electron chi connectivity index (χ0n) is 10.4. The quantitative estimate of drug-likeness (QED) is 0.858. The number of ketones is 1. The van der Waals surface area contributed by atoms with Crippen molar-refractivity contribution in [2.45, 2.75) is 13.5 Å². The highest BCUT2D eigenvalue weighted by Gasteiger charge is 2.08. The van der Waals surface area contributed by atoms with Crippen molar-refractivity contribution < 1.29 is 14.0 Å². The topological polar surface area (TPSA) is 51.1 Å². The smallest absolute Gasteiger partial charge is 0.244 e. The number of rotatable bonds is 4. The van der Waals surface area contributed by atoms with Crippen LogP contribution in [0.4, 0.5) is 10.1 Å². The molecule has 1 amide bonds. The molecule has 2 aromatic rings. The summed E-state index contributed by atoms with van der Waals surface area (Å²) >= 11 is 0. The number of aromatic nitrogens is 1. The van der Waals surface area contributed by atoms with Crippen LogP contribution < -0.4 is 5.32 Å². The maximum absolute atomic E-state index is 13.3. The van der Waals surface area contributed by atoms with Gasteiger partial charge in [-0.15, -0.1) is 0 Å². The number of benzene rings is 1. The molecule has 0 fully saturated rings. The molecule has 5 heteroatoms. The predicted octanol–water partition coefficient (Wildman–Crippen LogP) is 2.47. The normalized spacial score (nSPS) is 10.2. The van der Waals surface area contributed by atoms with Gasteiger partial charge >= 0.3 is 0 Å². The first-order valence-electron chi connectivity index (χ1n) is 5.77. The van der Waals surface area contributed by atoms with Crippen LogP contribution in [0.3, 0.4) is 0 Å². The lowest BCUT2D eigenvalue weighted by molar-refractivity contribution is -0.116. The Bertz CT molecular complexity index is 619. The van der Waals surface area contributed by atoms with E-state index in [0.29, 0.717) is 5.56 Å². The molecule has 98 valence electrons. The Hall–Kier alpha value is -2.43. The van der Waals surface area contributed by atoms with E-state index in [0.717, 1.165) is 0 Å². The molecule has 4 nitrogen and oxygen atoms in total. The molecule has 0 spiro atoms. The monoisotopic (exact) mass is 260 g/mol. The Balaban J connectivity index is 2.01. The first kappa shape index (κ1) is 13.0. The number of amides is 1. The minimum atomic E-state index is -0.479. The van der Waals surface area contributed by atoms with Gasteiger partial charge in [0.1, 0.15) is 12.4 Å². The molecule has 2 rings (SSSR count). The average molecular weight is 260 g/mol. The summed E-state index contributed by atoms with van der Waals surface area (Å²) in [5.74, 6) is -0.892. The molecule has 1 aromatic heterocycles. The summed E-state index contributed by atoms with van der Waals surface area (Å²) < 4.78 is 14.9. The van der Waals surface area contributed by atoms with Crippen molar-refractivity contribution in [3.8, 4) is 0 Å². The number of hydrogen-bond donors (Lipinski definition) is 1. The molecule has 0 unspecified atom stereocenters. The molecule has 1 aromatic carbocycles. The number of anilines is 1. The third-order valence-electron chi connectivity index (χ3n) is 2.63. The van der Waals surface area contributed by atoms with E-state index in [1.165, 1.54) is 19.1 Å². The van der Waals surface area contributed by atoms with Crippen LogP contribution in [0.1, 0.15) is 17.3 Å². The summed E-state index contributed by atoms with van der Waals surface area (Å²) in [4.78, 5) is 22.8. The third kappa shape index (κ3) is 3.28. The Morgan fingerprint density at radius 2 is 2.00 bits per heavy atom. The maximum Gasteiger partial charge on any atom is 0.244 e.